The maximum Gasteiger partial charge on any atom is 0.305 e. The molecule has 1 saturated carbocycles. The lowest BCUT2D eigenvalue weighted by molar-refractivity contribution is -0.265. The molecule has 0 saturated heterocycles. The number of hydrogen-bond acceptors (Lipinski definition) is 4. The molecule has 1 aliphatic carbocycles. The Balaban J connectivity index is 0. The monoisotopic (exact) mass is 348 g/mol. The molecule has 6 heteroatoms. The first-order valence-electron chi connectivity index (χ1n) is 8.53. The average Bonchev–Trinajstić information content (AvgIpc) is 2.49. The normalized spacial score (nSPS) is 23.3. The molecule has 0 aromatic heterocycles. The molecule has 0 radical (unpaired) electrons. The van der Waals surface area contributed by atoms with Crippen LogP contribution in [0.5, 0.6) is 0 Å². The molecule has 0 bridgehead atoms. The van der Waals surface area contributed by atoms with Crippen LogP contribution >= 0.6 is 0 Å². The minimum absolute atomic E-state index is 0.231. The smallest absolute Gasteiger partial charge is 0.305 e. The van der Waals surface area contributed by atoms with Crippen LogP contribution in [0.3, 0.4) is 0 Å². The molecule has 2 unspecified atom stereocenters. The number of carbonyl (C=O) groups is 2. The van der Waals surface area contributed by atoms with Gasteiger partial charge in [-0.25, -0.2) is 0 Å². The van der Waals surface area contributed by atoms with Crippen LogP contribution in [0.25, 0.3) is 0 Å². The fourth-order valence-electron chi connectivity index (χ4n) is 2.71. The van der Waals surface area contributed by atoms with Gasteiger partial charge in [0, 0.05) is 10.8 Å². The molecule has 144 valence electrons. The van der Waals surface area contributed by atoms with Gasteiger partial charge in [0.05, 0.1) is 24.0 Å². The molecule has 0 heterocycles. The van der Waals surface area contributed by atoms with Gasteiger partial charge < -0.3 is 20.4 Å². The van der Waals surface area contributed by atoms with Crippen LogP contribution in [0, 0.1) is 22.7 Å². The van der Waals surface area contributed by atoms with E-state index in [2.05, 4.69) is 0 Å². The summed E-state index contributed by atoms with van der Waals surface area (Å²) >= 11 is 0. The highest BCUT2D eigenvalue weighted by atomic mass is 16.4. The lowest BCUT2D eigenvalue weighted by Crippen LogP contribution is -2.69. The van der Waals surface area contributed by atoms with Crippen LogP contribution in [0.15, 0.2) is 0 Å². The summed E-state index contributed by atoms with van der Waals surface area (Å²) in [7, 11) is 0. The SMILES string of the molecule is CC(C)C(=O)O.CC(C)C(=O)O.CCC1(CC)C(O)C(C)(C)C1O. The highest BCUT2D eigenvalue weighted by Crippen LogP contribution is 2.57. The zero-order valence-electron chi connectivity index (χ0n) is 16.3. The number of rotatable bonds is 4. The first-order valence-corrected chi connectivity index (χ1v) is 8.53. The van der Waals surface area contributed by atoms with E-state index in [1.807, 2.05) is 27.7 Å². The predicted octanol–water partition coefficient (Wildman–Crippen LogP) is 3.01. The third kappa shape index (κ3) is 6.06. The highest BCUT2D eigenvalue weighted by Gasteiger charge is 2.63. The van der Waals surface area contributed by atoms with Crippen molar-refractivity contribution in [3.05, 3.63) is 0 Å². The largest absolute Gasteiger partial charge is 0.481 e. The summed E-state index contributed by atoms with van der Waals surface area (Å²) in [6.45, 7) is 14.5. The van der Waals surface area contributed by atoms with Gasteiger partial charge >= 0.3 is 11.9 Å². The zero-order valence-corrected chi connectivity index (χ0v) is 16.3. The Kier molecular flexibility index (Phi) is 10.4. The molecule has 1 fully saturated rings. The van der Waals surface area contributed by atoms with Crippen molar-refractivity contribution in [1.82, 2.24) is 0 Å². The van der Waals surface area contributed by atoms with E-state index < -0.39 is 11.9 Å². The van der Waals surface area contributed by atoms with Gasteiger partial charge in [-0.05, 0) is 12.8 Å². The molecule has 4 N–H and O–H groups in total. The van der Waals surface area contributed by atoms with E-state index in [9.17, 15) is 19.8 Å². The molecule has 1 rings (SSSR count). The molecule has 0 amide bonds. The van der Waals surface area contributed by atoms with E-state index in [0.29, 0.717) is 0 Å². The van der Waals surface area contributed by atoms with Crippen LogP contribution in [-0.4, -0.2) is 44.6 Å². The van der Waals surface area contributed by atoms with Gasteiger partial charge in [0.15, 0.2) is 0 Å². The third-order valence-corrected chi connectivity index (χ3v) is 4.80. The van der Waals surface area contributed by atoms with Crippen LogP contribution < -0.4 is 0 Å². The standard InChI is InChI=1S/C10H20O2.2C4H8O2/c1-5-10(6-2)7(11)9(3,4)8(10)12;2*1-3(2)4(5)6/h7-8,11-12H,5-6H2,1-4H3;2*3H,1-2H3,(H,5,6). The highest BCUT2D eigenvalue weighted by molar-refractivity contribution is 5.69. The zero-order chi connectivity index (χ0) is 19.9. The Morgan fingerprint density at radius 3 is 1.12 bits per heavy atom. The molecule has 1 aliphatic rings. The Bertz CT molecular complexity index is 364. The van der Waals surface area contributed by atoms with Crippen LogP contribution in [0.4, 0.5) is 0 Å². The van der Waals surface area contributed by atoms with Crippen molar-refractivity contribution in [2.24, 2.45) is 22.7 Å². The van der Waals surface area contributed by atoms with Gasteiger partial charge in [-0.15, -0.1) is 0 Å². The van der Waals surface area contributed by atoms with E-state index in [4.69, 9.17) is 10.2 Å². The summed E-state index contributed by atoms with van der Waals surface area (Å²) < 4.78 is 0. The van der Waals surface area contributed by atoms with E-state index in [-0.39, 0.29) is 34.9 Å². The number of hydrogen-bond donors (Lipinski definition) is 4. The predicted molar refractivity (Wildman–Crippen MR) is 93.8 cm³/mol. The molecule has 0 spiro atoms. The Labute approximate surface area is 145 Å². The summed E-state index contributed by atoms with van der Waals surface area (Å²) in [5, 5.41) is 35.8. The number of carboxylic acid groups (broad SMARTS) is 2. The van der Waals surface area contributed by atoms with Crippen molar-refractivity contribution in [3.8, 4) is 0 Å². The van der Waals surface area contributed by atoms with Crippen molar-refractivity contribution in [1.29, 1.82) is 0 Å². The summed E-state index contributed by atoms with van der Waals surface area (Å²) in [5.41, 5.74) is -0.546. The molecule has 0 aliphatic heterocycles. The van der Waals surface area contributed by atoms with Crippen LogP contribution in [0.1, 0.15) is 68.2 Å². The summed E-state index contributed by atoms with van der Waals surface area (Å²) in [5.74, 6) is -1.94. The number of aliphatic hydroxyl groups excluding tert-OH is 2. The molecule has 6 nitrogen and oxygen atoms in total. The number of aliphatic carboxylic acids is 2. The van der Waals surface area contributed by atoms with Crippen molar-refractivity contribution in [3.63, 3.8) is 0 Å². The van der Waals surface area contributed by atoms with Crippen LogP contribution in [-0.2, 0) is 9.59 Å². The Morgan fingerprint density at radius 2 is 1.04 bits per heavy atom. The second-order valence-corrected chi connectivity index (χ2v) is 7.55. The van der Waals surface area contributed by atoms with Gasteiger partial charge in [-0.2, -0.15) is 0 Å². The van der Waals surface area contributed by atoms with E-state index in [1.54, 1.807) is 27.7 Å². The second kappa shape index (κ2) is 9.99. The minimum atomic E-state index is -0.741. The van der Waals surface area contributed by atoms with E-state index >= 15 is 0 Å². The molecule has 0 aromatic rings. The number of carboxylic acids is 2. The van der Waals surface area contributed by atoms with Crippen molar-refractivity contribution < 1.29 is 30.0 Å². The first-order chi connectivity index (χ1) is 10.7. The topological polar surface area (TPSA) is 115 Å². The lowest BCUT2D eigenvalue weighted by atomic mass is 9.47. The molecular formula is C18H36O6. The maximum absolute atomic E-state index is 9.90. The summed E-state index contributed by atoms with van der Waals surface area (Å²) in [6, 6.07) is 0. The quantitative estimate of drug-likeness (QED) is 0.621. The Morgan fingerprint density at radius 1 is 0.833 bits per heavy atom. The lowest BCUT2D eigenvalue weighted by Gasteiger charge is -2.62. The van der Waals surface area contributed by atoms with E-state index in [1.165, 1.54) is 0 Å². The molecular weight excluding hydrogens is 312 g/mol. The summed E-state index contributed by atoms with van der Waals surface area (Å²) in [4.78, 5) is 19.4. The summed E-state index contributed by atoms with van der Waals surface area (Å²) in [6.07, 6.45) is 1.01. The van der Waals surface area contributed by atoms with Gasteiger partial charge in [0.25, 0.3) is 0 Å². The molecule has 24 heavy (non-hydrogen) atoms. The second-order valence-electron chi connectivity index (χ2n) is 7.55. The molecule has 2 atom stereocenters. The third-order valence-electron chi connectivity index (χ3n) is 4.80. The van der Waals surface area contributed by atoms with E-state index in [0.717, 1.165) is 12.8 Å². The van der Waals surface area contributed by atoms with Crippen molar-refractivity contribution in [2.45, 2.75) is 80.4 Å². The number of aliphatic hydroxyl groups is 2. The van der Waals surface area contributed by atoms with Gasteiger partial charge in [0.2, 0.25) is 0 Å². The van der Waals surface area contributed by atoms with Crippen molar-refractivity contribution >= 4 is 11.9 Å². The first kappa shape index (κ1) is 25.1. The fraction of sp³-hybridized carbons (Fsp3) is 0.889. The minimum Gasteiger partial charge on any atom is -0.481 e. The van der Waals surface area contributed by atoms with Crippen LogP contribution in [0.2, 0.25) is 0 Å². The van der Waals surface area contributed by atoms with Crippen molar-refractivity contribution in [2.75, 3.05) is 0 Å². The van der Waals surface area contributed by atoms with Gasteiger partial charge in [0.1, 0.15) is 0 Å². The average molecular weight is 348 g/mol. The Hall–Kier alpha value is -1.14. The fourth-order valence-corrected chi connectivity index (χ4v) is 2.71. The van der Waals surface area contributed by atoms with Gasteiger partial charge in [-0.3, -0.25) is 9.59 Å². The molecule has 0 aromatic carbocycles. The van der Waals surface area contributed by atoms with Gasteiger partial charge in [-0.1, -0.05) is 55.4 Å². The maximum atomic E-state index is 9.90.